The van der Waals surface area contributed by atoms with Crippen LogP contribution in [0.4, 0.5) is 0 Å². The molecule has 0 radical (unpaired) electrons. The predicted molar refractivity (Wildman–Crippen MR) is 101 cm³/mol. The van der Waals surface area contributed by atoms with Gasteiger partial charge in [-0.3, -0.25) is 15.1 Å². The standard InChI is InChI=1S/C20H24N4O4/c25-20(17-2-1-9-26-17)24-7-5-23(6-8-24)12-15-11-21-22-19(15)14-3-4-16-18(10-14)28-13-27-16/h1-4,9-10,15,19,21-22H,5-8,11-13H2. The summed E-state index contributed by atoms with van der Waals surface area (Å²) in [7, 11) is 0. The molecule has 2 atom stereocenters. The first-order valence-electron chi connectivity index (χ1n) is 9.71. The van der Waals surface area contributed by atoms with Gasteiger partial charge in [-0.1, -0.05) is 6.07 Å². The molecule has 28 heavy (non-hydrogen) atoms. The number of carbonyl (C=O) groups is 1. The molecule has 0 aliphatic carbocycles. The van der Waals surface area contributed by atoms with Gasteiger partial charge >= 0.3 is 0 Å². The predicted octanol–water partition coefficient (Wildman–Crippen LogP) is 1.23. The second-order valence-corrected chi connectivity index (χ2v) is 7.45. The first-order valence-corrected chi connectivity index (χ1v) is 9.71. The summed E-state index contributed by atoms with van der Waals surface area (Å²) >= 11 is 0. The lowest BCUT2D eigenvalue weighted by Crippen LogP contribution is -2.50. The number of nitrogens with zero attached hydrogens (tertiary/aromatic N) is 2. The van der Waals surface area contributed by atoms with Crippen LogP contribution >= 0.6 is 0 Å². The minimum absolute atomic E-state index is 0.0212. The lowest BCUT2D eigenvalue weighted by atomic mass is 9.94. The summed E-state index contributed by atoms with van der Waals surface area (Å²) in [5, 5.41) is 0. The summed E-state index contributed by atoms with van der Waals surface area (Å²) in [6.07, 6.45) is 1.54. The molecule has 1 amide bonds. The zero-order valence-corrected chi connectivity index (χ0v) is 15.6. The third-order valence-electron chi connectivity index (χ3n) is 5.73. The van der Waals surface area contributed by atoms with E-state index in [0.29, 0.717) is 18.5 Å². The third kappa shape index (κ3) is 3.34. The number of furan rings is 1. The third-order valence-corrected chi connectivity index (χ3v) is 5.73. The van der Waals surface area contributed by atoms with Gasteiger partial charge < -0.3 is 18.8 Å². The summed E-state index contributed by atoms with van der Waals surface area (Å²) in [4.78, 5) is 16.7. The molecule has 8 nitrogen and oxygen atoms in total. The van der Waals surface area contributed by atoms with Crippen molar-refractivity contribution in [2.45, 2.75) is 6.04 Å². The average molecular weight is 384 g/mol. The molecule has 0 spiro atoms. The number of hydrogen-bond donors (Lipinski definition) is 2. The molecule has 1 aromatic heterocycles. The molecular weight excluding hydrogens is 360 g/mol. The van der Waals surface area contributed by atoms with E-state index in [2.05, 4.69) is 27.9 Å². The van der Waals surface area contributed by atoms with Crippen LogP contribution in [0.1, 0.15) is 22.2 Å². The largest absolute Gasteiger partial charge is 0.459 e. The summed E-state index contributed by atoms with van der Waals surface area (Å²) < 4.78 is 16.2. The zero-order valence-electron chi connectivity index (χ0n) is 15.6. The number of nitrogens with one attached hydrogen (secondary N) is 2. The van der Waals surface area contributed by atoms with Crippen LogP contribution in [0.15, 0.2) is 41.0 Å². The van der Waals surface area contributed by atoms with Crippen LogP contribution in [0.25, 0.3) is 0 Å². The van der Waals surface area contributed by atoms with Crippen LogP contribution < -0.4 is 20.3 Å². The van der Waals surface area contributed by atoms with Gasteiger partial charge in [-0.25, -0.2) is 5.43 Å². The maximum absolute atomic E-state index is 12.4. The molecule has 2 unspecified atom stereocenters. The van der Waals surface area contributed by atoms with Crippen molar-refractivity contribution in [3.8, 4) is 11.5 Å². The number of hydrazine groups is 1. The van der Waals surface area contributed by atoms with Crippen molar-refractivity contribution in [3.05, 3.63) is 47.9 Å². The molecule has 2 aromatic rings. The molecule has 5 rings (SSSR count). The van der Waals surface area contributed by atoms with Crippen molar-refractivity contribution in [2.75, 3.05) is 46.1 Å². The number of piperazine rings is 1. The number of carbonyl (C=O) groups excluding carboxylic acids is 1. The van der Waals surface area contributed by atoms with Crippen molar-refractivity contribution in [1.82, 2.24) is 20.7 Å². The minimum atomic E-state index is -0.0212. The van der Waals surface area contributed by atoms with Crippen LogP contribution in [-0.2, 0) is 0 Å². The lowest BCUT2D eigenvalue weighted by molar-refractivity contribution is 0.0586. The molecule has 4 heterocycles. The summed E-state index contributed by atoms with van der Waals surface area (Å²) in [6.45, 7) is 5.36. The number of benzene rings is 1. The number of hydrogen-bond acceptors (Lipinski definition) is 7. The van der Waals surface area contributed by atoms with Crippen LogP contribution in [0.2, 0.25) is 0 Å². The van der Waals surface area contributed by atoms with E-state index in [1.165, 1.54) is 5.56 Å². The van der Waals surface area contributed by atoms with Gasteiger partial charge in [0.05, 0.1) is 12.3 Å². The van der Waals surface area contributed by atoms with Gasteiger partial charge in [0.2, 0.25) is 6.79 Å². The van der Waals surface area contributed by atoms with E-state index in [-0.39, 0.29) is 11.9 Å². The van der Waals surface area contributed by atoms with Crippen molar-refractivity contribution in [1.29, 1.82) is 0 Å². The number of ether oxygens (including phenoxy) is 2. The van der Waals surface area contributed by atoms with Crippen LogP contribution in [0, 0.1) is 5.92 Å². The Labute approximate surface area is 163 Å². The van der Waals surface area contributed by atoms with Gasteiger partial charge in [0.25, 0.3) is 5.91 Å². The van der Waals surface area contributed by atoms with Gasteiger partial charge in [-0.05, 0) is 29.8 Å². The number of amides is 1. The van der Waals surface area contributed by atoms with E-state index in [0.717, 1.165) is 50.8 Å². The minimum Gasteiger partial charge on any atom is -0.459 e. The molecule has 2 fully saturated rings. The highest BCUT2D eigenvalue weighted by molar-refractivity contribution is 5.91. The molecule has 148 valence electrons. The average Bonchev–Trinajstić information content (AvgIpc) is 3.48. The molecular formula is C20H24N4O4. The Morgan fingerprint density at radius 3 is 2.79 bits per heavy atom. The molecule has 2 saturated heterocycles. The summed E-state index contributed by atoms with van der Waals surface area (Å²) in [5.74, 6) is 2.46. The lowest BCUT2D eigenvalue weighted by Gasteiger charge is -2.36. The Balaban J connectivity index is 1.19. The molecule has 3 aliphatic rings. The zero-order chi connectivity index (χ0) is 18.9. The fourth-order valence-corrected chi connectivity index (χ4v) is 4.19. The van der Waals surface area contributed by atoms with Crippen LogP contribution in [0.3, 0.4) is 0 Å². The quantitative estimate of drug-likeness (QED) is 0.821. The Bertz CT molecular complexity index is 833. The van der Waals surface area contributed by atoms with Crippen molar-refractivity contribution in [2.24, 2.45) is 5.92 Å². The van der Waals surface area contributed by atoms with E-state index >= 15 is 0 Å². The van der Waals surface area contributed by atoms with E-state index < -0.39 is 0 Å². The molecule has 3 aliphatic heterocycles. The Morgan fingerprint density at radius 2 is 1.96 bits per heavy atom. The molecule has 0 bridgehead atoms. The molecule has 0 saturated carbocycles. The second kappa shape index (κ2) is 7.46. The van der Waals surface area contributed by atoms with Gasteiger partial charge in [0, 0.05) is 45.2 Å². The van der Waals surface area contributed by atoms with Crippen LogP contribution in [-0.4, -0.2) is 61.8 Å². The first-order chi connectivity index (χ1) is 13.8. The van der Waals surface area contributed by atoms with E-state index in [4.69, 9.17) is 13.9 Å². The molecule has 1 aromatic carbocycles. The molecule has 8 heteroatoms. The van der Waals surface area contributed by atoms with E-state index in [1.54, 1.807) is 18.4 Å². The highest BCUT2D eigenvalue weighted by atomic mass is 16.7. The maximum atomic E-state index is 12.4. The highest BCUT2D eigenvalue weighted by Crippen LogP contribution is 2.36. The number of fused-ring (bicyclic) bond motifs is 1. The topological polar surface area (TPSA) is 79.2 Å². The maximum Gasteiger partial charge on any atom is 0.289 e. The van der Waals surface area contributed by atoms with Gasteiger partial charge in [0.15, 0.2) is 17.3 Å². The highest BCUT2D eigenvalue weighted by Gasteiger charge is 2.32. The summed E-state index contributed by atoms with van der Waals surface area (Å²) in [6, 6.07) is 9.84. The Morgan fingerprint density at radius 1 is 1.11 bits per heavy atom. The van der Waals surface area contributed by atoms with Gasteiger partial charge in [-0.15, -0.1) is 0 Å². The monoisotopic (exact) mass is 384 g/mol. The molecule has 2 N–H and O–H groups in total. The van der Waals surface area contributed by atoms with Crippen LogP contribution in [0.5, 0.6) is 11.5 Å². The van der Waals surface area contributed by atoms with Crippen molar-refractivity contribution < 1.29 is 18.7 Å². The van der Waals surface area contributed by atoms with E-state index in [1.807, 2.05) is 11.0 Å². The van der Waals surface area contributed by atoms with Gasteiger partial charge in [-0.2, -0.15) is 0 Å². The second-order valence-electron chi connectivity index (χ2n) is 7.45. The van der Waals surface area contributed by atoms with Crippen molar-refractivity contribution in [3.63, 3.8) is 0 Å². The normalized spacial score (nSPS) is 24.6. The van der Waals surface area contributed by atoms with Crippen molar-refractivity contribution >= 4 is 5.91 Å². The first kappa shape index (κ1) is 17.5. The van der Waals surface area contributed by atoms with Gasteiger partial charge in [0.1, 0.15) is 0 Å². The fraction of sp³-hybridized carbons (Fsp3) is 0.450. The smallest absolute Gasteiger partial charge is 0.289 e. The Hall–Kier alpha value is -2.55. The Kier molecular flexibility index (Phi) is 4.67. The summed E-state index contributed by atoms with van der Waals surface area (Å²) in [5.41, 5.74) is 7.90. The SMILES string of the molecule is O=C(c1ccco1)N1CCN(CC2CNNC2c2ccc3c(c2)OCO3)CC1. The number of rotatable bonds is 4. The fourth-order valence-electron chi connectivity index (χ4n) is 4.19. The van der Waals surface area contributed by atoms with E-state index in [9.17, 15) is 4.79 Å².